The number of nitro benzene ring substituents is 1. The summed E-state index contributed by atoms with van der Waals surface area (Å²) in [6.07, 6.45) is 0. The minimum absolute atomic E-state index is 0.0295. The van der Waals surface area contributed by atoms with Crippen LogP contribution in [0.3, 0.4) is 0 Å². The summed E-state index contributed by atoms with van der Waals surface area (Å²) in [5.74, 6) is -0.0733. The normalized spacial score (nSPS) is 13.4. The first-order chi connectivity index (χ1) is 8.93. The van der Waals surface area contributed by atoms with Gasteiger partial charge in [-0.1, -0.05) is 13.0 Å². The lowest BCUT2D eigenvalue weighted by molar-refractivity contribution is -0.384. The molecule has 104 valence electrons. The average molecular weight is 267 g/mol. The van der Waals surface area contributed by atoms with Crippen molar-refractivity contribution < 1.29 is 14.8 Å². The number of amides is 2. The number of benzene rings is 1. The molecular formula is C12H17N3O4. The highest BCUT2D eigenvalue weighted by Crippen LogP contribution is 2.16. The molecule has 0 radical (unpaired) electrons. The minimum Gasteiger partial charge on any atom is -0.396 e. The van der Waals surface area contributed by atoms with E-state index in [0.717, 1.165) is 0 Å². The molecule has 0 fully saturated rings. The van der Waals surface area contributed by atoms with Gasteiger partial charge < -0.3 is 15.7 Å². The molecule has 0 bridgehead atoms. The van der Waals surface area contributed by atoms with Gasteiger partial charge in [-0.15, -0.1) is 0 Å². The van der Waals surface area contributed by atoms with Crippen molar-refractivity contribution in [3.8, 4) is 0 Å². The Morgan fingerprint density at radius 2 is 2.16 bits per heavy atom. The molecule has 0 saturated carbocycles. The quantitative estimate of drug-likeness (QED) is 0.558. The minimum atomic E-state index is -0.528. The molecule has 0 aromatic heterocycles. The van der Waals surface area contributed by atoms with Crippen LogP contribution in [-0.2, 0) is 0 Å². The molecule has 0 aliphatic heterocycles. The Morgan fingerprint density at radius 3 is 2.74 bits per heavy atom. The van der Waals surface area contributed by atoms with Crippen LogP contribution in [0.2, 0.25) is 0 Å². The number of hydrogen-bond acceptors (Lipinski definition) is 4. The summed E-state index contributed by atoms with van der Waals surface area (Å²) in [7, 11) is 0. The zero-order valence-electron chi connectivity index (χ0n) is 10.8. The molecule has 7 nitrogen and oxygen atoms in total. The van der Waals surface area contributed by atoms with Crippen LogP contribution in [0.15, 0.2) is 24.3 Å². The highest BCUT2D eigenvalue weighted by molar-refractivity contribution is 5.89. The molecule has 7 heteroatoms. The van der Waals surface area contributed by atoms with Crippen LogP contribution in [-0.4, -0.2) is 28.7 Å². The lowest BCUT2D eigenvalue weighted by atomic mass is 10.1. The fraction of sp³-hybridized carbons (Fsp3) is 0.417. The maximum atomic E-state index is 11.7. The number of urea groups is 1. The number of aliphatic hydroxyl groups excluding tert-OH is 1. The molecule has 0 aliphatic rings. The van der Waals surface area contributed by atoms with E-state index in [-0.39, 0.29) is 24.3 Å². The number of hydrogen-bond donors (Lipinski definition) is 3. The summed E-state index contributed by atoms with van der Waals surface area (Å²) in [6.45, 7) is 3.55. The van der Waals surface area contributed by atoms with Crippen molar-refractivity contribution >= 4 is 17.4 Å². The molecule has 0 heterocycles. The van der Waals surface area contributed by atoms with Crippen molar-refractivity contribution in [1.82, 2.24) is 5.32 Å². The summed E-state index contributed by atoms with van der Waals surface area (Å²) in [6, 6.07) is 5.01. The summed E-state index contributed by atoms with van der Waals surface area (Å²) in [5, 5.41) is 24.7. The van der Waals surface area contributed by atoms with E-state index in [1.807, 2.05) is 0 Å². The van der Waals surface area contributed by atoms with Crippen molar-refractivity contribution in [1.29, 1.82) is 0 Å². The van der Waals surface area contributed by atoms with Gasteiger partial charge in [0.05, 0.1) is 4.92 Å². The van der Waals surface area contributed by atoms with Crippen molar-refractivity contribution in [2.45, 2.75) is 19.9 Å². The standard InChI is InChI=1S/C12H17N3O4/c1-8(7-16)9(2)13-12(17)14-10-4-3-5-11(6-10)15(18)19/h3-6,8-9,16H,7H2,1-2H3,(H2,13,14,17). The molecule has 0 aliphatic carbocycles. The van der Waals surface area contributed by atoms with Crippen molar-refractivity contribution in [3.63, 3.8) is 0 Å². The third kappa shape index (κ3) is 4.55. The molecule has 2 amide bonds. The second kappa shape index (κ2) is 6.69. The largest absolute Gasteiger partial charge is 0.396 e. The molecule has 1 aromatic carbocycles. The van der Waals surface area contributed by atoms with Crippen LogP contribution >= 0.6 is 0 Å². The number of carbonyl (C=O) groups excluding carboxylic acids is 1. The van der Waals surface area contributed by atoms with Gasteiger partial charge in [0.1, 0.15) is 0 Å². The van der Waals surface area contributed by atoms with E-state index in [1.54, 1.807) is 19.9 Å². The Kier molecular flexibility index (Phi) is 5.25. The smallest absolute Gasteiger partial charge is 0.319 e. The van der Waals surface area contributed by atoms with Gasteiger partial charge in [0.15, 0.2) is 0 Å². The number of carbonyl (C=O) groups is 1. The molecule has 1 aromatic rings. The highest BCUT2D eigenvalue weighted by atomic mass is 16.6. The van der Waals surface area contributed by atoms with Gasteiger partial charge in [-0.05, 0) is 18.9 Å². The predicted molar refractivity (Wildman–Crippen MR) is 71.0 cm³/mol. The zero-order valence-corrected chi connectivity index (χ0v) is 10.8. The summed E-state index contributed by atoms with van der Waals surface area (Å²) < 4.78 is 0. The van der Waals surface area contributed by atoms with Gasteiger partial charge in [-0.3, -0.25) is 10.1 Å². The molecule has 2 atom stereocenters. The number of anilines is 1. The molecule has 19 heavy (non-hydrogen) atoms. The SMILES string of the molecule is CC(CO)C(C)NC(=O)Nc1cccc([N+](=O)[O-])c1. The van der Waals surface area contributed by atoms with Gasteiger partial charge in [0.25, 0.3) is 5.69 Å². The lowest BCUT2D eigenvalue weighted by Crippen LogP contribution is -2.40. The predicted octanol–water partition coefficient (Wildman–Crippen LogP) is 1.73. The first-order valence-corrected chi connectivity index (χ1v) is 5.87. The Bertz CT molecular complexity index is 464. The van der Waals surface area contributed by atoms with Gasteiger partial charge in [-0.25, -0.2) is 4.79 Å². The molecular weight excluding hydrogens is 250 g/mol. The van der Waals surface area contributed by atoms with Crippen LogP contribution in [0.5, 0.6) is 0 Å². The van der Waals surface area contributed by atoms with E-state index in [4.69, 9.17) is 5.11 Å². The second-order valence-electron chi connectivity index (χ2n) is 4.35. The third-order valence-corrected chi connectivity index (χ3v) is 2.82. The number of non-ortho nitro benzene ring substituents is 1. The monoisotopic (exact) mass is 267 g/mol. The van der Waals surface area contributed by atoms with Crippen molar-refractivity contribution in [2.75, 3.05) is 11.9 Å². The van der Waals surface area contributed by atoms with Gasteiger partial charge in [0.2, 0.25) is 0 Å². The maximum Gasteiger partial charge on any atom is 0.319 e. The lowest BCUT2D eigenvalue weighted by Gasteiger charge is -2.19. The summed E-state index contributed by atoms with van der Waals surface area (Å²) in [5.41, 5.74) is 0.255. The molecule has 2 unspecified atom stereocenters. The Balaban J connectivity index is 2.62. The molecule has 3 N–H and O–H groups in total. The van der Waals surface area contributed by atoms with Crippen LogP contribution < -0.4 is 10.6 Å². The first kappa shape index (κ1) is 14.9. The fourth-order valence-electron chi connectivity index (χ4n) is 1.37. The van der Waals surface area contributed by atoms with Crippen LogP contribution in [0, 0.1) is 16.0 Å². The second-order valence-corrected chi connectivity index (χ2v) is 4.35. The van der Waals surface area contributed by atoms with Crippen LogP contribution in [0.25, 0.3) is 0 Å². The van der Waals surface area contributed by atoms with E-state index >= 15 is 0 Å². The summed E-state index contributed by atoms with van der Waals surface area (Å²) >= 11 is 0. The average Bonchev–Trinajstić information content (AvgIpc) is 2.37. The Morgan fingerprint density at radius 1 is 1.47 bits per heavy atom. The fourth-order valence-corrected chi connectivity index (χ4v) is 1.37. The van der Waals surface area contributed by atoms with Crippen molar-refractivity contribution in [2.24, 2.45) is 5.92 Å². The zero-order chi connectivity index (χ0) is 14.4. The topological polar surface area (TPSA) is 104 Å². The maximum absolute atomic E-state index is 11.7. The van der Waals surface area contributed by atoms with E-state index in [0.29, 0.717) is 5.69 Å². The van der Waals surface area contributed by atoms with E-state index in [2.05, 4.69) is 10.6 Å². The van der Waals surface area contributed by atoms with Crippen molar-refractivity contribution in [3.05, 3.63) is 34.4 Å². The first-order valence-electron chi connectivity index (χ1n) is 5.87. The van der Waals surface area contributed by atoms with E-state index in [1.165, 1.54) is 18.2 Å². The van der Waals surface area contributed by atoms with Crippen LogP contribution in [0.4, 0.5) is 16.2 Å². The Labute approximate surface area is 110 Å². The van der Waals surface area contributed by atoms with E-state index in [9.17, 15) is 14.9 Å². The number of rotatable bonds is 5. The number of aliphatic hydroxyl groups is 1. The number of nitro groups is 1. The van der Waals surface area contributed by atoms with Gasteiger partial charge in [-0.2, -0.15) is 0 Å². The molecule has 1 rings (SSSR count). The van der Waals surface area contributed by atoms with Crippen LogP contribution in [0.1, 0.15) is 13.8 Å². The number of nitrogens with one attached hydrogen (secondary N) is 2. The highest BCUT2D eigenvalue weighted by Gasteiger charge is 2.14. The van der Waals surface area contributed by atoms with Gasteiger partial charge >= 0.3 is 6.03 Å². The number of nitrogens with zero attached hydrogens (tertiary/aromatic N) is 1. The Hall–Kier alpha value is -2.15. The van der Waals surface area contributed by atoms with Gasteiger partial charge in [0, 0.05) is 30.5 Å². The molecule has 0 spiro atoms. The summed E-state index contributed by atoms with van der Waals surface area (Å²) in [4.78, 5) is 21.7. The van der Waals surface area contributed by atoms with E-state index < -0.39 is 11.0 Å². The molecule has 0 saturated heterocycles. The third-order valence-electron chi connectivity index (χ3n) is 2.82.